The van der Waals surface area contributed by atoms with Gasteiger partial charge in [-0.15, -0.1) is 0 Å². The van der Waals surface area contributed by atoms with Crippen molar-refractivity contribution >= 4 is 17.5 Å². The third-order valence-corrected chi connectivity index (χ3v) is 3.80. The van der Waals surface area contributed by atoms with Crippen LogP contribution in [0.3, 0.4) is 0 Å². The van der Waals surface area contributed by atoms with Crippen molar-refractivity contribution in [1.82, 2.24) is 0 Å². The van der Waals surface area contributed by atoms with E-state index in [1.165, 1.54) is 23.3 Å². The maximum atomic E-state index is 11.6. The second kappa shape index (κ2) is 5.53. The fourth-order valence-electron chi connectivity index (χ4n) is 1.53. The van der Waals surface area contributed by atoms with Crippen LogP contribution in [0.5, 0.6) is 0 Å². The van der Waals surface area contributed by atoms with Crippen molar-refractivity contribution in [2.45, 2.75) is 40.0 Å². The zero-order valence-corrected chi connectivity index (χ0v) is 11.2. The van der Waals surface area contributed by atoms with Crippen LogP contribution in [0.25, 0.3) is 0 Å². The first-order valence-electron chi connectivity index (χ1n) is 5.63. The quantitative estimate of drug-likeness (QED) is 0.633. The first kappa shape index (κ1) is 13.3. The van der Waals surface area contributed by atoms with E-state index in [1.807, 2.05) is 6.92 Å². The predicted molar refractivity (Wildman–Crippen MR) is 72.3 cm³/mol. The summed E-state index contributed by atoms with van der Waals surface area (Å²) in [5.74, 6) is 0.831. The van der Waals surface area contributed by atoms with Crippen molar-refractivity contribution in [1.29, 1.82) is 0 Å². The van der Waals surface area contributed by atoms with Gasteiger partial charge in [-0.3, -0.25) is 4.79 Å². The van der Waals surface area contributed by atoms with E-state index < -0.39 is 0 Å². The smallest absolute Gasteiger partial charge is 0.162 e. The van der Waals surface area contributed by atoms with Crippen LogP contribution in [-0.2, 0) is 4.79 Å². The fraction of sp³-hybridized carbons (Fsp3) is 0.500. The zero-order valence-electron chi connectivity index (χ0n) is 10.4. The molecule has 0 heterocycles. The molecule has 0 spiro atoms. The van der Waals surface area contributed by atoms with Crippen molar-refractivity contribution in [2.75, 3.05) is 0 Å². The average molecular weight is 236 g/mol. The zero-order chi connectivity index (χ0) is 12.3. The summed E-state index contributed by atoms with van der Waals surface area (Å²) in [7, 11) is 0. The molecule has 1 aliphatic rings. The maximum Gasteiger partial charge on any atom is 0.162 e. The molecule has 0 aromatic rings. The van der Waals surface area contributed by atoms with E-state index in [9.17, 15) is 4.79 Å². The highest BCUT2D eigenvalue weighted by Crippen LogP contribution is 2.46. The van der Waals surface area contributed by atoms with Gasteiger partial charge in [0.15, 0.2) is 5.78 Å². The molecule has 0 aliphatic heterocycles. The monoisotopic (exact) mass is 236 g/mol. The largest absolute Gasteiger partial charge is 0.294 e. The van der Waals surface area contributed by atoms with E-state index in [0.29, 0.717) is 17.9 Å². The van der Waals surface area contributed by atoms with Crippen LogP contribution in [0.2, 0.25) is 0 Å². The minimum atomic E-state index is 0.151. The molecule has 0 radical (unpaired) electrons. The topological polar surface area (TPSA) is 17.1 Å². The number of hydrogen-bond donors (Lipinski definition) is 0. The SMILES string of the molecule is C=C(C)S/C(=C(/C)CC(=O)C(=C)C)C1CC1. The van der Waals surface area contributed by atoms with Gasteiger partial charge in [-0.2, -0.15) is 0 Å². The summed E-state index contributed by atoms with van der Waals surface area (Å²) >= 11 is 1.74. The third kappa shape index (κ3) is 4.01. The number of ketones is 1. The molecular formula is C14H20OS. The Hall–Kier alpha value is -0.760. The van der Waals surface area contributed by atoms with E-state index in [4.69, 9.17) is 0 Å². The van der Waals surface area contributed by atoms with Crippen LogP contribution in [0.15, 0.2) is 34.1 Å². The Labute approximate surface area is 103 Å². The molecular weight excluding hydrogens is 216 g/mol. The minimum absolute atomic E-state index is 0.151. The highest BCUT2D eigenvalue weighted by Gasteiger charge is 2.28. The molecule has 1 aliphatic carbocycles. The Balaban J connectivity index is 2.76. The predicted octanol–water partition coefficient (Wildman–Crippen LogP) is 4.47. The van der Waals surface area contributed by atoms with Gasteiger partial charge in [-0.05, 0) is 54.9 Å². The molecule has 1 rings (SSSR count). The maximum absolute atomic E-state index is 11.6. The Morgan fingerprint density at radius 2 is 1.81 bits per heavy atom. The summed E-state index contributed by atoms with van der Waals surface area (Å²) in [6, 6.07) is 0. The number of Topliss-reactive ketones (excluding diaryl/α,β-unsaturated/α-hetero) is 1. The third-order valence-electron chi connectivity index (χ3n) is 2.55. The van der Waals surface area contributed by atoms with Crippen molar-refractivity contribution in [3.05, 3.63) is 34.1 Å². The van der Waals surface area contributed by atoms with Gasteiger partial charge in [0, 0.05) is 6.42 Å². The van der Waals surface area contributed by atoms with Crippen molar-refractivity contribution in [3.63, 3.8) is 0 Å². The van der Waals surface area contributed by atoms with E-state index >= 15 is 0 Å². The van der Waals surface area contributed by atoms with Crippen molar-refractivity contribution < 1.29 is 4.79 Å². The van der Waals surface area contributed by atoms with Gasteiger partial charge in [0.05, 0.1) is 0 Å². The van der Waals surface area contributed by atoms with Crippen LogP contribution in [0, 0.1) is 5.92 Å². The summed E-state index contributed by atoms with van der Waals surface area (Å²) in [5.41, 5.74) is 1.85. The molecule has 0 aromatic carbocycles. The number of carbonyl (C=O) groups excluding carboxylic acids is 1. The molecule has 0 aromatic heterocycles. The molecule has 1 fully saturated rings. The molecule has 16 heavy (non-hydrogen) atoms. The van der Waals surface area contributed by atoms with E-state index in [-0.39, 0.29) is 5.78 Å². The van der Waals surface area contributed by atoms with E-state index in [1.54, 1.807) is 18.7 Å². The lowest BCUT2D eigenvalue weighted by Crippen LogP contribution is -2.01. The molecule has 0 unspecified atom stereocenters. The molecule has 0 bridgehead atoms. The lowest BCUT2D eigenvalue weighted by atomic mass is 10.1. The summed E-state index contributed by atoms with van der Waals surface area (Å²) in [4.78, 5) is 14.1. The highest BCUT2D eigenvalue weighted by atomic mass is 32.2. The molecule has 0 atom stereocenters. The van der Waals surface area contributed by atoms with E-state index in [0.717, 1.165) is 4.91 Å². The van der Waals surface area contributed by atoms with Crippen LogP contribution < -0.4 is 0 Å². The van der Waals surface area contributed by atoms with Gasteiger partial charge >= 0.3 is 0 Å². The lowest BCUT2D eigenvalue weighted by molar-refractivity contribution is -0.114. The Morgan fingerprint density at radius 1 is 1.25 bits per heavy atom. The van der Waals surface area contributed by atoms with E-state index in [2.05, 4.69) is 20.1 Å². The number of rotatable bonds is 6. The second-order valence-corrected chi connectivity index (χ2v) is 5.94. The Kier molecular flexibility index (Phi) is 4.60. The van der Waals surface area contributed by atoms with Gasteiger partial charge in [-0.25, -0.2) is 0 Å². The summed E-state index contributed by atoms with van der Waals surface area (Å²) in [6.45, 7) is 13.5. The van der Waals surface area contributed by atoms with Crippen LogP contribution in [0.4, 0.5) is 0 Å². The number of allylic oxidation sites excluding steroid dienone is 4. The standard InChI is InChI=1S/C14H20OS/c1-9(2)13(15)8-11(5)14(12-6-7-12)16-10(3)4/h12H,1,3,6-8H2,2,4-5H3/b14-11-. The number of thioether (sulfide) groups is 1. The van der Waals surface area contributed by atoms with Gasteiger partial charge in [0.1, 0.15) is 0 Å². The molecule has 1 nitrogen and oxygen atoms in total. The van der Waals surface area contributed by atoms with Gasteiger partial charge in [-0.1, -0.05) is 30.5 Å². The fourth-order valence-corrected chi connectivity index (χ4v) is 2.56. The second-order valence-electron chi connectivity index (χ2n) is 4.60. The summed E-state index contributed by atoms with van der Waals surface area (Å²) < 4.78 is 0. The molecule has 0 N–H and O–H groups in total. The minimum Gasteiger partial charge on any atom is -0.294 e. The van der Waals surface area contributed by atoms with Crippen LogP contribution >= 0.6 is 11.8 Å². The Morgan fingerprint density at radius 3 is 2.19 bits per heavy atom. The highest BCUT2D eigenvalue weighted by molar-refractivity contribution is 8.06. The molecule has 88 valence electrons. The Bertz CT molecular complexity index is 359. The molecule has 0 amide bonds. The molecule has 1 saturated carbocycles. The first-order valence-corrected chi connectivity index (χ1v) is 6.45. The van der Waals surface area contributed by atoms with Crippen molar-refractivity contribution in [2.24, 2.45) is 5.92 Å². The number of hydrogen-bond acceptors (Lipinski definition) is 2. The van der Waals surface area contributed by atoms with Gasteiger partial charge in [0.25, 0.3) is 0 Å². The van der Waals surface area contributed by atoms with Crippen LogP contribution in [0.1, 0.15) is 40.0 Å². The van der Waals surface area contributed by atoms with Gasteiger partial charge in [0.2, 0.25) is 0 Å². The average Bonchev–Trinajstić information content (AvgIpc) is 2.96. The molecule has 2 heteroatoms. The normalized spacial score (nSPS) is 16.7. The van der Waals surface area contributed by atoms with Crippen LogP contribution in [-0.4, -0.2) is 5.78 Å². The van der Waals surface area contributed by atoms with Crippen molar-refractivity contribution in [3.8, 4) is 0 Å². The lowest BCUT2D eigenvalue weighted by Gasteiger charge is -2.10. The molecule has 0 saturated heterocycles. The summed E-state index contributed by atoms with van der Waals surface area (Å²) in [5, 5.41) is 0. The first-order chi connectivity index (χ1) is 7.41. The summed E-state index contributed by atoms with van der Waals surface area (Å²) in [6.07, 6.45) is 3.03. The number of carbonyl (C=O) groups is 1. The van der Waals surface area contributed by atoms with Gasteiger partial charge < -0.3 is 0 Å².